The number of aliphatic hydroxyl groups is 1. The lowest BCUT2D eigenvalue weighted by atomic mass is 10.1. The molecule has 1 aliphatic heterocycles. The first-order valence-electron chi connectivity index (χ1n) is 6.02. The normalized spacial score (nSPS) is 18.4. The average Bonchev–Trinajstić information content (AvgIpc) is 2.85. The first-order chi connectivity index (χ1) is 9.13. The zero-order valence-electron chi connectivity index (χ0n) is 10.5. The minimum Gasteiger partial charge on any atom is -0.462 e. The lowest BCUT2D eigenvalue weighted by Crippen LogP contribution is -2.30. The Morgan fingerprint density at radius 1 is 1.42 bits per heavy atom. The van der Waals surface area contributed by atoms with Crippen LogP contribution in [-0.4, -0.2) is 47.9 Å². The van der Waals surface area contributed by atoms with Gasteiger partial charge in [0, 0.05) is 0 Å². The summed E-state index contributed by atoms with van der Waals surface area (Å²) in [6, 6.07) is 6.37. The van der Waals surface area contributed by atoms with Crippen molar-refractivity contribution in [2.45, 2.75) is 13.0 Å². The molecule has 1 saturated heterocycles. The highest BCUT2D eigenvalue weighted by Crippen LogP contribution is 2.16. The zero-order chi connectivity index (χ0) is 13.8. The molecule has 2 rings (SSSR count). The maximum Gasteiger partial charge on any atom is 0.338 e. The van der Waals surface area contributed by atoms with Gasteiger partial charge in [0.15, 0.2) is 0 Å². The largest absolute Gasteiger partial charge is 0.462 e. The van der Waals surface area contributed by atoms with Gasteiger partial charge < -0.3 is 9.84 Å². The van der Waals surface area contributed by atoms with Crippen molar-refractivity contribution in [2.24, 2.45) is 0 Å². The summed E-state index contributed by atoms with van der Waals surface area (Å²) >= 11 is 0. The van der Waals surface area contributed by atoms with Gasteiger partial charge in [0.05, 0.1) is 24.3 Å². The molecule has 102 valence electrons. The predicted molar refractivity (Wildman–Crippen MR) is 65.4 cm³/mol. The minimum absolute atomic E-state index is 0.0767. The smallest absolute Gasteiger partial charge is 0.338 e. The van der Waals surface area contributed by atoms with Crippen LogP contribution >= 0.6 is 0 Å². The molecule has 19 heavy (non-hydrogen) atoms. The summed E-state index contributed by atoms with van der Waals surface area (Å²) in [7, 11) is 0. The van der Waals surface area contributed by atoms with E-state index >= 15 is 0 Å². The van der Waals surface area contributed by atoms with Gasteiger partial charge in [-0.2, -0.15) is 0 Å². The Morgan fingerprint density at radius 3 is 2.68 bits per heavy atom. The number of ether oxygens (including phenoxy) is 1. The van der Waals surface area contributed by atoms with Crippen molar-refractivity contribution in [3.63, 3.8) is 0 Å². The van der Waals surface area contributed by atoms with Gasteiger partial charge in [-0.15, -0.1) is 0 Å². The van der Waals surface area contributed by atoms with Gasteiger partial charge in [-0.1, -0.05) is 12.1 Å². The highest BCUT2D eigenvalue weighted by Gasteiger charge is 2.29. The van der Waals surface area contributed by atoms with Crippen LogP contribution in [0.15, 0.2) is 24.3 Å². The topological polar surface area (TPSA) is 76.1 Å². The Kier molecular flexibility index (Phi) is 4.13. The average molecular weight is 265 g/mol. The van der Waals surface area contributed by atoms with E-state index in [0.717, 1.165) is 5.06 Å². The third-order valence-electron chi connectivity index (χ3n) is 2.68. The molecular weight excluding hydrogens is 250 g/mol. The molecule has 6 heteroatoms. The molecule has 1 amide bonds. The van der Waals surface area contributed by atoms with Crippen LogP contribution in [-0.2, 0) is 9.57 Å². The molecule has 0 aromatic heterocycles. The van der Waals surface area contributed by atoms with E-state index in [0.29, 0.717) is 0 Å². The van der Waals surface area contributed by atoms with Crippen LogP contribution in [0.5, 0.6) is 0 Å². The number of β-amino-alcohol motifs (C(OH)–C–C–N with tert-alkyl or cyclic N) is 1. The van der Waals surface area contributed by atoms with Gasteiger partial charge in [0.1, 0.15) is 12.7 Å². The maximum atomic E-state index is 12.2. The molecule has 1 atom stereocenters. The molecule has 0 saturated carbocycles. The summed E-state index contributed by atoms with van der Waals surface area (Å²) in [5.41, 5.74) is 0.398. The number of rotatable bonds is 3. The number of esters is 1. The van der Waals surface area contributed by atoms with E-state index in [9.17, 15) is 14.7 Å². The van der Waals surface area contributed by atoms with Crippen LogP contribution in [0.2, 0.25) is 0 Å². The number of carbonyl (C=O) groups is 2. The summed E-state index contributed by atoms with van der Waals surface area (Å²) in [5, 5.41) is 10.4. The second-order valence-electron chi connectivity index (χ2n) is 4.08. The molecule has 1 aromatic carbocycles. The van der Waals surface area contributed by atoms with Crippen LogP contribution in [0.25, 0.3) is 0 Å². The quantitative estimate of drug-likeness (QED) is 0.810. The van der Waals surface area contributed by atoms with Crippen LogP contribution in [0.4, 0.5) is 0 Å². The maximum absolute atomic E-state index is 12.2. The van der Waals surface area contributed by atoms with Crippen LogP contribution < -0.4 is 0 Å². The molecule has 0 spiro atoms. The number of hydrogen-bond donors (Lipinski definition) is 1. The van der Waals surface area contributed by atoms with Gasteiger partial charge in [0.25, 0.3) is 5.91 Å². The number of benzene rings is 1. The predicted octanol–water partition coefficient (Wildman–Crippen LogP) is 0.612. The van der Waals surface area contributed by atoms with Crippen molar-refractivity contribution in [1.29, 1.82) is 0 Å². The van der Waals surface area contributed by atoms with E-state index in [-0.39, 0.29) is 30.9 Å². The van der Waals surface area contributed by atoms with E-state index < -0.39 is 18.0 Å². The Labute approximate surface area is 110 Å². The molecule has 6 nitrogen and oxygen atoms in total. The molecule has 1 aliphatic rings. The van der Waals surface area contributed by atoms with Crippen LogP contribution in [0.3, 0.4) is 0 Å². The van der Waals surface area contributed by atoms with Crippen molar-refractivity contribution in [2.75, 3.05) is 19.8 Å². The van der Waals surface area contributed by atoms with Gasteiger partial charge in [0.2, 0.25) is 0 Å². The number of hydrogen-bond acceptors (Lipinski definition) is 5. The Balaban J connectivity index is 2.24. The van der Waals surface area contributed by atoms with Crippen molar-refractivity contribution in [1.82, 2.24) is 5.06 Å². The van der Waals surface area contributed by atoms with Gasteiger partial charge >= 0.3 is 5.97 Å². The van der Waals surface area contributed by atoms with Crippen LogP contribution in [0.1, 0.15) is 27.6 Å². The highest BCUT2D eigenvalue weighted by molar-refractivity contribution is 6.05. The number of amides is 1. The van der Waals surface area contributed by atoms with E-state index in [1.54, 1.807) is 19.1 Å². The minimum atomic E-state index is -0.696. The van der Waals surface area contributed by atoms with Gasteiger partial charge in [-0.05, 0) is 19.1 Å². The fourth-order valence-electron chi connectivity index (χ4n) is 1.81. The lowest BCUT2D eigenvalue weighted by molar-refractivity contribution is -0.0780. The fraction of sp³-hybridized carbons (Fsp3) is 0.385. The second kappa shape index (κ2) is 5.81. The third-order valence-corrected chi connectivity index (χ3v) is 2.68. The molecule has 1 N–H and O–H groups in total. The Bertz CT molecular complexity index is 488. The standard InChI is InChI=1S/C13H15NO5/c1-2-18-13(17)11-6-4-3-5-10(11)12(16)14-7-9(15)8-19-14/h3-6,9,15H,2,7-8H2,1H3. The number of carbonyl (C=O) groups excluding carboxylic acids is 2. The van der Waals surface area contributed by atoms with Gasteiger partial charge in [-0.25, -0.2) is 9.86 Å². The number of hydroxylamine groups is 2. The molecule has 1 fully saturated rings. The Hall–Kier alpha value is -1.92. The van der Waals surface area contributed by atoms with Gasteiger partial charge in [-0.3, -0.25) is 9.63 Å². The number of nitrogens with zero attached hydrogens (tertiary/aromatic N) is 1. The SMILES string of the molecule is CCOC(=O)c1ccccc1C(=O)N1CC(O)CO1. The van der Waals surface area contributed by atoms with E-state index in [4.69, 9.17) is 9.57 Å². The molecule has 0 bridgehead atoms. The third kappa shape index (κ3) is 2.91. The molecular formula is C13H15NO5. The van der Waals surface area contributed by atoms with Crippen LogP contribution in [0, 0.1) is 0 Å². The highest BCUT2D eigenvalue weighted by atomic mass is 16.7. The summed E-state index contributed by atoms with van der Waals surface area (Å²) in [6.07, 6.45) is -0.696. The number of aliphatic hydroxyl groups excluding tert-OH is 1. The molecule has 0 radical (unpaired) electrons. The van der Waals surface area contributed by atoms with Crippen molar-refractivity contribution < 1.29 is 24.3 Å². The summed E-state index contributed by atoms with van der Waals surface area (Å²) in [4.78, 5) is 29.0. The fourth-order valence-corrected chi connectivity index (χ4v) is 1.81. The monoisotopic (exact) mass is 265 g/mol. The van der Waals surface area contributed by atoms with Crippen molar-refractivity contribution >= 4 is 11.9 Å². The molecule has 1 heterocycles. The van der Waals surface area contributed by atoms with Crippen molar-refractivity contribution in [3.8, 4) is 0 Å². The second-order valence-corrected chi connectivity index (χ2v) is 4.08. The first-order valence-corrected chi connectivity index (χ1v) is 6.02. The molecule has 0 aliphatic carbocycles. The first kappa shape index (κ1) is 13.5. The lowest BCUT2D eigenvalue weighted by Gasteiger charge is -2.15. The summed E-state index contributed by atoms with van der Waals surface area (Å²) in [6.45, 7) is 2.10. The van der Waals surface area contributed by atoms with E-state index in [2.05, 4.69) is 0 Å². The Morgan fingerprint density at radius 2 is 2.11 bits per heavy atom. The molecule has 1 aromatic rings. The van der Waals surface area contributed by atoms with Crippen molar-refractivity contribution in [3.05, 3.63) is 35.4 Å². The van der Waals surface area contributed by atoms with E-state index in [1.165, 1.54) is 12.1 Å². The van der Waals surface area contributed by atoms with E-state index in [1.807, 2.05) is 0 Å². The summed E-state index contributed by atoms with van der Waals surface area (Å²) in [5.74, 6) is -1.01. The zero-order valence-corrected chi connectivity index (χ0v) is 10.5. The molecule has 1 unspecified atom stereocenters. The summed E-state index contributed by atoms with van der Waals surface area (Å²) < 4.78 is 4.90.